The van der Waals surface area contributed by atoms with Crippen molar-refractivity contribution in [3.8, 4) is 0 Å². The number of hydrogen-bond acceptors (Lipinski definition) is 2. The third kappa shape index (κ3) is 2.95. The zero-order valence-corrected chi connectivity index (χ0v) is 11.4. The monoisotopic (exact) mass is 270 g/mol. The quantitative estimate of drug-likeness (QED) is 0.913. The first-order chi connectivity index (χ1) is 6.93. The molecule has 0 aliphatic rings. The van der Waals surface area contributed by atoms with E-state index >= 15 is 0 Å². The van der Waals surface area contributed by atoms with Gasteiger partial charge in [-0.3, -0.25) is 0 Å². The van der Waals surface area contributed by atoms with Crippen molar-refractivity contribution < 1.29 is 0 Å². The van der Waals surface area contributed by atoms with E-state index in [1.807, 2.05) is 13.0 Å². The molecular formula is C12H19BrN2. The van der Waals surface area contributed by atoms with E-state index in [1.54, 1.807) is 0 Å². The maximum absolute atomic E-state index is 5.96. The fourth-order valence-corrected chi connectivity index (χ4v) is 1.83. The van der Waals surface area contributed by atoms with Crippen molar-refractivity contribution >= 4 is 21.6 Å². The summed E-state index contributed by atoms with van der Waals surface area (Å²) in [5.74, 6) is 0. The Morgan fingerprint density at radius 3 is 2.33 bits per heavy atom. The van der Waals surface area contributed by atoms with Gasteiger partial charge in [0.05, 0.1) is 0 Å². The summed E-state index contributed by atoms with van der Waals surface area (Å²) < 4.78 is 1.09. The highest BCUT2D eigenvalue weighted by Crippen LogP contribution is 2.29. The molecule has 1 rings (SSSR count). The van der Waals surface area contributed by atoms with Gasteiger partial charge in [-0.1, -0.05) is 22.0 Å². The second kappa shape index (κ2) is 4.99. The predicted molar refractivity (Wildman–Crippen MR) is 70.3 cm³/mol. The molecule has 0 spiro atoms. The molecule has 0 amide bonds. The van der Waals surface area contributed by atoms with Crippen molar-refractivity contribution in [3.05, 3.63) is 28.2 Å². The van der Waals surface area contributed by atoms with Gasteiger partial charge in [-0.05, 0) is 38.5 Å². The molecule has 0 fully saturated rings. The van der Waals surface area contributed by atoms with Gasteiger partial charge in [0.2, 0.25) is 0 Å². The first-order valence-electron chi connectivity index (χ1n) is 5.21. The van der Waals surface area contributed by atoms with Crippen LogP contribution in [0.4, 0.5) is 5.69 Å². The van der Waals surface area contributed by atoms with Crippen LogP contribution in [0.5, 0.6) is 0 Å². The normalized spacial score (nSPS) is 13.0. The van der Waals surface area contributed by atoms with Crippen LogP contribution in [0.2, 0.25) is 0 Å². The summed E-state index contributed by atoms with van der Waals surface area (Å²) in [6.07, 6.45) is 0. The van der Waals surface area contributed by atoms with E-state index in [2.05, 4.69) is 53.9 Å². The lowest BCUT2D eigenvalue weighted by molar-refractivity contribution is 0.734. The van der Waals surface area contributed by atoms with Crippen molar-refractivity contribution in [2.24, 2.45) is 5.73 Å². The molecule has 0 aliphatic heterocycles. The average Bonchev–Trinajstić information content (AvgIpc) is 2.15. The lowest BCUT2D eigenvalue weighted by Crippen LogP contribution is -2.27. The summed E-state index contributed by atoms with van der Waals surface area (Å²) in [7, 11) is 2.10. The Bertz CT molecular complexity index is 334. The predicted octanol–water partition coefficient (Wildman–Crippen LogP) is 3.31. The van der Waals surface area contributed by atoms with E-state index in [-0.39, 0.29) is 6.04 Å². The van der Waals surface area contributed by atoms with Gasteiger partial charge in [-0.2, -0.15) is 0 Å². The van der Waals surface area contributed by atoms with Crippen LogP contribution >= 0.6 is 15.9 Å². The first kappa shape index (κ1) is 12.5. The van der Waals surface area contributed by atoms with Crippen LogP contribution in [0.15, 0.2) is 22.7 Å². The Labute approximate surface area is 101 Å². The van der Waals surface area contributed by atoms with Gasteiger partial charge in [-0.25, -0.2) is 0 Å². The van der Waals surface area contributed by atoms with Gasteiger partial charge in [0.15, 0.2) is 0 Å². The summed E-state index contributed by atoms with van der Waals surface area (Å²) in [6.45, 7) is 6.36. The van der Waals surface area contributed by atoms with E-state index in [0.29, 0.717) is 6.04 Å². The molecule has 0 aromatic heterocycles. The van der Waals surface area contributed by atoms with Gasteiger partial charge >= 0.3 is 0 Å². The standard InChI is InChI=1S/C12H19BrN2/c1-8(2)15(4)12-7-10(13)5-6-11(12)9(3)14/h5-9H,14H2,1-4H3. The minimum absolute atomic E-state index is 0.0642. The maximum atomic E-state index is 5.96. The van der Waals surface area contributed by atoms with Crippen molar-refractivity contribution in [1.82, 2.24) is 0 Å². The van der Waals surface area contributed by atoms with E-state index in [9.17, 15) is 0 Å². The second-order valence-electron chi connectivity index (χ2n) is 4.20. The fraction of sp³-hybridized carbons (Fsp3) is 0.500. The van der Waals surface area contributed by atoms with Crippen LogP contribution in [-0.4, -0.2) is 13.1 Å². The maximum Gasteiger partial charge on any atom is 0.0425 e. The third-order valence-corrected chi connectivity index (χ3v) is 3.13. The molecule has 1 unspecified atom stereocenters. The molecule has 0 saturated carbocycles. The average molecular weight is 271 g/mol. The van der Waals surface area contributed by atoms with Crippen molar-refractivity contribution in [2.45, 2.75) is 32.9 Å². The molecule has 1 atom stereocenters. The van der Waals surface area contributed by atoms with Gasteiger partial charge in [-0.15, -0.1) is 0 Å². The summed E-state index contributed by atoms with van der Waals surface area (Å²) in [5.41, 5.74) is 8.35. The molecule has 0 saturated heterocycles. The number of nitrogens with two attached hydrogens (primary N) is 1. The van der Waals surface area contributed by atoms with Crippen molar-refractivity contribution in [2.75, 3.05) is 11.9 Å². The Balaban J connectivity index is 3.18. The lowest BCUT2D eigenvalue weighted by Gasteiger charge is -2.27. The summed E-state index contributed by atoms with van der Waals surface area (Å²) in [5, 5.41) is 0. The van der Waals surface area contributed by atoms with Crippen LogP contribution in [0.25, 0.3) is 0 Å². The molecule has 1 aromatic rings. The number of halogens is 1. The molecule has 2 nitrogen and oxygen atoms in total. The SMILES string of the molecule is CC(N)c1ccc(Br)cc1N(C)C(C)C. The summed E-state index contributed by atoms with van der Waals surface area (Å²) >= 11 is 3.50. The molecule has 15 heavy (non-hydrogen) atoms. The van der Waals surface area contributed by atoms with E-state index < -0.39 is 0 Å². The van der Waals surface area contributed by atoms with Crippen molar-refractivity contribution in [1.29, 1.82) is 0 Å². The Kier molecular flexibility index (Phi) is 4.17. The third-order valence-electron chi connectivity index (χ3n) is 2.64. The number of anilines is 1. The smallest absolute Gasteiger partial charge is 0.0425 e. The Morgan fingerprint density at radius 1 is 1.27 bits per heavy atom. The summed E-state index contributed by atoms with van der Waals surface area (Å²) in [6, 6.07) is 6.78. The van der Waals surface area contributed by atoms with Crippen LogP contribution in [-0.2, 0) is 0 Å². The summed E-state index contributed by atoms with van der Waals surface area (Å²) in [4.78, 5) is 2.24. The molecule has 0 aliphatic carbocycles. The second-order valence-corrected chi connectivity index (χ2v) is 5.11. The molecule has 84 valence electrons. The van der Waals surface area contributed by atoms with Gasteiger partial charge in [0.1, 0.15) is 0 Å². The van der Waals surface area contributed by atoms with Gasteiger partial charge in [0, 0.05) is 29.3 Å². The largest absolute Gasteiger partial charge is 0.372 e. The topological polar surface area (TPSA) is 29.3 Å². The Hall–Kier alpha value is -0.540. The zero-order valence-electron chi connectivity index (χ0n) is 9.79. The highest BCUT2D eigenvalue weighted by molar-refractivity contribution is 9.10. The number of nitrogens with zero attached hydrogens (tertiary/aromatic N) is 1. The molecule has 1 aromatic carbocycles. The number of hydrogen-bond donors (Lipinski definition) is 1. The molecule has 3 heteroatoms. The molecule has 2 N–H and O–H groups in total. The van der Waals surface area contributed by atoms with E-state index in [1.165, 1.54) is 11.3 Å². The van der Waals surface area contributed by atoms with Gasteiger partial charge in [0.25, 0.3) is 0 Å². The molecular weight excluding hydrogens is 252 g/mol. The highest BCUT2D eigenvalue weighted by Gasteiger charge is 2.13. The molecule has 0 bridgehead atoms. The minimum Gasteiger partial charge on any atom is -0.372 e. The van der Waals surface area contributed by atoms with Crippen LogP contribution < -0.4 is 10.6 Å². The highest BCUT2D eigenvalue weighted by atomic mass is 79.9. The minimum atomic E-state index is 0.0642. The molecule has 0 heterocycles. The van der Waals surface area contributed by atoms with E-state index in [4.69, 9.17) is 5.73 Å². The Morgan fingerprint density at radius 2 is 1.87 bits per heavy atom. The van der Waals surface area contributed by atoms with E-state index in [0.717, 1.165) is 4.47 Å². The van der Waals surface area contributed by atoms with Crippen LogP contribution in [0, 0.1) is 0 Å². The lowest BCUT2D eigenvalue weighted by atomic mass is 10.1. The zero-order chi connectivity index (χ0) is 11.6. The van der Waals surface area contributed by atoms with Crippen molar-refractivity contribution in [3.63, 3.8) is 0 Å². The van der Waals surface area contributed by atoms with Gasteiger partial charge < -0.3 is 10.6 Å². The molecule has 0 radical (unpaired) electrons. The van der Waals surface area contributed by atoms with Crippen LogP contribution in [0.1, 0.15) is 32.4 Å². The number of rotatable bonds is 3. The fourth-order valence-electron chi connectivity index (χ4n) is 1.49. The first-order valence-corrected chi connectivity index (χ1v) is 6.00. The van der Waals surface area contributed by atoms with Crippen LogP contribution in [0.3, 0.4) is 0 Å². The number of benzene rings is 1.